The van der Waals surface area contributed by atoms with Crippen molar-refractivity contribution in [1.29, 1.82) is 0 Å². The number of morpholine rings is 1. The summed E-state index contributed by atoms with van der Waals surface area (Å²) in [7, 11) is 0. The fourth-order valence-corrected chi connectivity index (χ4v) is 4.04. The molecule has 0 atom stereocenters. The van der Waals surface area contributed by atoms with Gasteiger partial charge in [0.1, 0.15) is 0 Å². The molecule has 0 radical (unpaired) electrons. The molecule has 134 valence electrons. The summed E-state index contributed by atoms with van der Waals surface area (Å²) >= 11 is 0. The van der Waals surface area contributed by atoms with Crippen molar-refractivity contribution >= 4 is 17.5 Å². The number of anilines is 2. The number of benzene rings is 1. The Morgan fingerprint density at radius 1 is 1.15 bits per heavy atom. The largest absolute Gasteiger partial charge is 0.378 e. The molecule has 6 heteroatoms. The normalized spacial score (nSPS) is 20.3. The summed E-state index contributed by atoms with van der Waals surface area (Å²) in [6.07, 6.45) is 6.09. The molecule has 3 aliphatic rings. The predicted molar refractivity (Wildman–Crippen MR) is 97.9 cm³/mol. The molecule has 1 aromatic heterocycles. The van der Waals surface area contributed by atoms with Gasteiger partial charge < -0.3 is 14.5 Å². The monoisotopic (exact) mass is 350 g/mol. The van der Waals surface area contributed by atoms with Gasteiger partial charge in [-0.1, -0.05) is 6.07 Å². The first kappa shape index (κ1) is 15.8. The third-order valence-corrected chi connectivity index (χ3v) is 5.73. The van der Waals surface area contributed by atoms with Gasteiger partial charge in [0.25, 0.3) is 5.91 Å². The van der Waals surface area contributed by atoms with Gasteiger partial charge in [-0.3, -0.25) is 4.79 Å². The summed E-state index contributed by atoms with van der Waals surface area (Å²) in [5.41, 5.74) is 4.43. The van der Waals surface area contributed by atoms with Gasteiger partial charge >= 0.3 is 0 Å². The van der Waals surface area contributed by atoms with Gasteiger partial charge in [-0.05, 0) is 43.0 Å². The Labute approximate surface area is 152 Å². The van der Waals surface area contributed by atoms with Crippen LogP contribution in [0.2, 0.25) is 0 Å². The first-order valence-electron chi connectivity index (χ1n) is 9.24. The molecular formula is C20H22N4O2. The molecule has 3 heterocycles. The third kappa shape index (κ3) is 2.48. The van der Waals surface area contributed by atoms with E-state index in [0.717, 1.165) is 29.3 Å². The number of rotatable bonds is 2. The van der Waals surface area contributed by atoms with Crippen LogP contribution in [-0.2, 0) is 10.2 Å². The molecule has 5 rings (SSSR count). The number of aromatic nitrogens is 2. The molecule has 26 heavy (non-hydrogen) atoms. The summed E-state index contributed by atoms with van der Waals surface area (Å²) in [6, 6.07) is 6.16. The minimum Gasteiger partial charge on any atom is -0.378 e. The summed E-state index contributed by atoms with van der Waals surface area (Å²) in [5, 5.41) is 0. The van der Waals surface area contributed by atoms with E-state index >= 15 is 0 Å². The molecule has 1 saturated carbocycles. The van der Waals surface area contributed by atoms with Crippen LogP contribution in [-0.4, -0.2) is 53.6 Å². The molecule has 1 aliphatic carbocycles. The Morgan fingerprint density at radius 2 is 1.88 bits per heavy atom. The Kier molecular flexibility index (Phi) is 3.50. The van der Waals surface area contributed by atoms with Gasteiger partial charge in [-0.25, -0.2) is 9.97 Å². The number of carbonyl (C=O) groups excluding carboxylic acids is 1. The average Bonchev–Trinajstić information content (AvgIpc) is 3.40. The van der Waals surface area contributed by atoms with E-state index in [9.17, 15) is 4.79 Å². The van der Waals surface area contributed by atoms with Crippen molar-refractivity contribution in [2.45, 2.75) is 25.2 Å². The van der Waals surface area contributed by atoms with Crippen molar-refractivity contribution in [3.63, 3.8) is 0 Å². The lowest BCUT2D eigenvalue weighted by Gasteiger charge is -2.27. The SMILES string of the molecule is Cc1cnc(N2CC3(CC3)c3ccc(C(=O)N4CCOCC4)cc32)nc1. The highest BCUT2D eigenvalue weighted by atomic mass is 16.5. The van der Waals surface area contributed by atoms with Crippen molar-refractivity contribution in [3.05, 3.63) is 47.3 Å². The number of aryl methyl sites for hydroxylation is 1. The molecule has 2 aliphatic heterocycles. The lowest BCUT2D eigenvalue weighted by atomic mass is 9.97. The van der Waals surface area contributed by atoms with Crippen molar-refractivity contribution in [3.8, 4) is 0 Å². The number of amides is 1. The number of nitrogens with zero attached hydrogens (tertiary/aromatic N) is 4. The predicted octanol–water partition coefficient (Wildman–Crippen LogP) is 2.44. The summed E-state index contributed by atoms with van der Waals surface area (Å²) in [6.45, 7) is 5.44. The van der Waals surface area contributed by atoms with Gasteiger partial charge in [0.15, 0.2) is 0 Å². The third-order valence-electron chi connectivity index (χ3n) is 5.73. The average molecular weight is 350 g/mol. The van der Waals surface area contributed by atoms with Crippen LogP contribution < -0.4 is 4.90 Å². The van der Waals surface area contributed by atoms with E-state index in [4.69, 9.17) is 4.74 Å². The molecular weight excluding hydrogens is 328 g/mol. The number of hydrogen-bond donors (Lipinski definition) is 0. The highest BCUT2D eigenvalue weighted by Crippen LogP contribution is 2.57. The number of hydrogen-bond acceptors (Lipinski definition) is 5. The summed E-state index contributed by atoms with van der Waals surface area (Å²) in [5.74, 6) is 0.800. The Bertz CT molecular complexity index is 855. The Morgan fingerprint density at radius 3 is 2.58 bits per heavy atom. The van der Waals surface area contributed by atoms with Crippen LogP contribution in [0.5, 0.6) is 0 Å². The second-order valence-corrected chi connectivity index (χ2v) is 7.56. The van der Waals surface area contributed by atoms with Crippen LogP contribution >= 0.6 is 0 Å². The van der Waals surface area contributed by atoms with E-state index in [1.807, 2.05) is 36.4 Å². The molecule has 2 fully saturated rings. The topological polar surface area (TPSA) is 58.6 Å². The van der Waals surface area contributed by atoms with Crippen LogP contribution in [0.25, 0.3) is 0 Å². The van der Waals surface area contributed by atoms with Crippen LogP contribution in [0.3, 0.4) is 0 Å². The smallest absolute Gasteiger partial charge is 0.254 e. The van der Waals surface area contributed by atoms with Crippen LogP contribution in [0.1, 0.15) is 34.3 Å². The van der Waals surface area contributed by atoms with E-state index in [2.05, 4.69) is 20.9 Å². The van der Waals surface area contributed by atoms with Gasteiger partial charge in [-0.2, -0.15) is 0 Å². The van der Waals surface area contributed by atoms with Crippen molar-refractivity contribution < 1.29 is 9.53 Å². The zero-order chi connectivity index (χ0) is 17.7. The number of carbonyl (C=O) groups is 1. The van der Waals surface area contributed by atoms with Gasteiger partial charge in [0.2, 0.25) is 5.95 Å². The Balaban J connectivity index is 1.51. The molecule has 0 N–H and O–H groups in total. The van der Waals surface area contributed by atoms with Crippen LogP contribution in [0.4, 0.5) is 11.6 Å². The van der Waals surface area contributed by atoms with Crippen LogP contribution in [0, 0.1) is 6.92 Å². The molecule has 0 bridgehead atoms. The molecule has 2 aromatic rings. The molecule has 6 nitrogen and oxygen atoms in total. The number of fused-ring (bicyclic) bond motifs is 2. The highest BCUT2D eigenvalue weighted by Gasteiger charge is 2.52. The lowest BCUT2D eigenvalue weighted by Crippen LogP contribution is -2.40. The Hall–Kier alpha value is -2.47. The maximum Gasteiger partial charge on any atom is 0.254 e. The lowest BCUT2D eigenvalue weighted by molar-refractivity contribution is 0.0303. The van der Waals surface area contributed by atoms with Gasteiger partial charge in [-0.15, -0.1) is 0 Å². The fourth-order valence-electron chi connectivity index (χ4n) is 4.04. The van der Waals surface area contributed by atoms with Crippen LogP contribution in [0.15, 0.2) is 30.6 Å². The zero-order valence-electron chi connectivity index (χ0n) is 14.9. The van der Waals surface area contributed by atoms with Crippen molar-refractivity contribution in [1.82, 2.24) is 14.9 Å². The van der Waals surface area contributed by atoms with E-state index < -0.39 is 0 Å². The van der Waals surface area contributed by atoms with Crippen molar-refractivity contribution in [2.24, 2.45) is 0 Å². The van der Waals surface area contributed by atoms with Crippen molar-refractivity contribution in [2.75, 3.05) is 37.7 Å². The second-order valence-electron chi connectivity index (χ2n) is 7.56. The molecule has 1 aromatic carbocycles. The minimum absolute atomic E-state index is 0.0811. The number of ether oxygens (including phenoxy) is 1. The van der Waals surface area contributed by atoms with E-state index in [-0.39, 0.29) is 11.3 Å². The standard InChI is InChI=1S/C20H22N4O2/c1-14-11-21-19(22-12-14)24-13-20(4-5-20)16-3-2-15(10-17(16)24)18(25)23-6-8-26-9-7-23/h2-3,10-12H,4-9,13H2,1H3. The fraction of sp³-hybridized carbons (Fsp3) is 0.450. The summed E-state index contributed by atoms with van der Waals surface area (Å²) in [4.78, 5) is 26.0. The van der Waals surface area contributed by atoms with E-state index in [1.54, 1.807) is 0 Å². The van der Waals surface area contributed by atoms with Gasteiger partial charge in [0.05, 0.1) is 13.2 Å². The molecule has 1 spiro atoms. The van der Waals surface area contributed by atoms with E-state index in [1.165, 1.54) is 18.4 Å². The van der Waals surface area contributed by atoms with Gasteiger partial charge in [0, 0.05) is 48.7 Å². The maximum atomic E-state index is 12.9. The second kappa shape index (κ2) is 5.77. The first-order valence-corrected chi connectivity index (χ1v) is 9.24. The molecule has 1 amide bonds. The first-order chi connectivity index (χ1) is 12.7. The zero-order valence-corrected chi connectivity index (χ0v) is 14.9. The highest BCUT2D eigenvalue weighted by molar-refractivity contribution is 5.96. The quantitative estimate of drug-likeness (QED) is 0.833. The maximum absolute atomic E-state index is 12.9. The minimum atomic E-state index is 0.0811. The molecule has 0 unspecified atom stereocenters. The summed E-state index contributed by atoms with van der Waals surface area (Å²) < 4.78 is 5.36. The molecule has 1 saturated heterocycles. The van der Waals surface area contributed by atoms with E-state index in [0.29, 0.717) is 26.3 Å².